The lowest BCUT2D eigenvalue weighted by Gasteiger charge is -2.13. The lowest BCUT2D eigenvalue weighted by Crippen LogP contribution is -1.98. The van der Waals surface area contributed by atoms with Crippen molar-refractivity contribution < 1.29 is 0 Å². The largest absolute Gasteiger partial charge is 0.307 e. The molecule has 9 aromatic carbocycles. The number of para-hydroxylation sites is 4. The van der Waals surface area contributed by atoms with Gasteiger partial charge in [-0.25, -0.2) is 0 Å². The maximum absolute atomic E-state index is 2.48. The first-order valence-electron chi connectivity index (χ1n) is 21.3. The zero-order valence-electron chi connectivity index (χ0n) is 33.7. The first-order valence-corrected chi connectivity index (χ1v) is 21.3. The van der Waals surface area contributed by atoms with Gasteiger partial charge in [-0.3, -0.25) is 0 Å². The van der Waals surface area contributed by atoms with Crippen LogP contribution in [0.5, 0.6) is 0 Å². The zero-order valence-corrected chi connectivity index (χ0v) is 33.7. The Morgan fingerprint density at radius 2 is 0.452 bits per heavy atom. The molecule has 4 nitrogen and oxygen atoms in total. The van der Waals surface area contributed by atoms with Gasteiger partial charge in [-0.2, -0.15) is 0 Å². The number of hydrogen-bond acceptors (Lipinski definition) is 0. The highest BCUT2D eigenvalue weighted by Gasteiger charge is 2.25. The minimum atomic E-state index is 1.11. The summed E-state index contributed by atoms with van der Waals surface area (Å²) in [7, 11) is 0. The minimum absolute atomic E-state index is 1.11. The van der Waals surface area contributed by atoms with Crippen molar-refractivity contribution in [2.45, 2.75) is 0 Å². The van der Waals surface area contributed by atoms with Crippen LogP contribution in [0.1, 0.15) is 0 Å². The quantitative estimate of drug-likeness (QED) is 0.160. The van der Waals surface area contributed by atoms with E-state index in [1.165, 1.54) is 87.9 Å². The number of nitrogens with zero attached hydrogens (tertiary/aromatic N) is 4. The molecular weight excluding hydrogens is 753 g/mol. The molecular formula is C58H38N4. The van der Waals surface area contributed by atoms with Crippen LogP contribution in [0.25, 0.3) is 111 Å². The number of rotatable bonds is 6. The molecule has 0 saturated heterocycles. The van der Waals surface area contributed by atoms with Crippen LogP contribution in [-0.4, -0.2) is 18.3 Å². The summed E-state index contributed by atoms with van der Waals surface area (Å²) in [6.07, 6.45) is 0. The average Bonchev–Trinajstić information content (AvgIpc) is 4.07. The van der Waals surface area contributed by atoms with E-state index in [4.69, 9.17) is 0 Å². The van der Waals surface area contributed by atoms with E-state index in [-0.39, 0.29) is 0 Å². The summed E-state index contributed by atoms with van der Waals surface area (Å²) < 4.78 is 9.89. The van der Waals surface area contributed by atoms with Gasteiger partial charge in [-0.15, -0.1) is 0 Å². The molecule has 0 saturated carbocycles. The third-order valence-corrected chi connectivity index (χ3v) is 12.7. The predicted molar refractivity (Wildman–Crippen MR) is 260 cm³/mol. The van der Waals surface area contributed by atoms with E-state index in [9.17, 15) is 0 Å². The highest BCUT2D eigenvalue weighted by atomic mass is 15.1. The predicted octanol–water partition coefficient (Wildman–Crippen LogP) is 15.1. The molecule has 0 aliphatic carbocycles. The SMILES string of the molecule is c1ccc(-c2cccc(-n3c4ccccc4c4c3c3ccccc3n4-c3cccc(-n4c5ccccc5c5c4c4ccccc4n5-c4cccc(-c5ccccc5)c4)c3)c2)cc1. The van der Waals surface area contributed by atoms with Gasteiger partial charge in [0, 0.05) is 44.3 Å². The van der Waals surface area contributed by atoms with Crippen LogP contribution in [0.4, 0.5) is 0 Å². The van der Waals surface area contributed by atoms with Gasteiger partial charge in [-0.05, 0) is 89.0 Å². The van der Waals surface area contributed by atoms with E-state index < -0.39 is 0 Å². The van der Waals surface area contributed by atoms with Crippen molar-refractivity contribution in [2.24, 2.45) is 0 Å². The first-order chi connectivity index (χ1) is 30.8. The molecule has 4 heterocycles. The van der Waals surface area contributed by atoms with E-state index in [2.05, 4.69) is 249 Å². The Labute approximate surface area is 358 Å². The van der Waals surface area contributed by atoms with Crippen LogP contribution < -0.4 is 0 Å². The number of benzene rings is 9. The summed E-state index contributed by atoms with van der Waals surface area (Å²) in [5.41, 5.74) is 18.8. The molecule has 62 heavy (non-hydrogen) atoms. The summed E-state index contributed by atoms with van der Waals surface area (Å²) in [4.78, 5) is 0. The van der Waals surface area contributed by atoms with Gasteiger partial charge in [-0.1, -0.05) is 164 Å². The normalized spacial score (nSPS) is 11.9. The van der Waals surface area contributed by atoms with Crippen LogP contribution in [0.15, 0.2) is 231 Å². The molecule has 0 N–H and O–H groups in total. The van der Waals surface area contributed by atoms with E-state index >= 15 is 0 Å². The van der Waals surface area contributed by atoms with Crippen molar-refractivity contribution in [2.75, 3.05) is 0 Å². The standard InChI is InChI=1S/C58H38N4/c1-3-18-39(19-4-1)41-22-15-24-43(36-41)59-51-32-11-7-28-47(51)57-55(59)49-30-9-13-34-53(49)61(57)45-26-17-27-46(38-45)62-54-35-14-10-31-50(54)56-58(62)48-29-8-12-33-52(48)60(56)44-25-16-23-42(37-44)40-20-5-2-6-21-40/h1-38H. The lowest BCUT2D eigenvalue weighted by molar-refractivity contribution is 1.14. The molecule has 0 amide bonds. The van der Waals surface area contributed by atoms with Gasteiger partial charge in [0.25, 0.3) is 0 Å². The summed E-state index contributed by atoms with van der Waals surface area (Å²) in [5, 5.41) is 4.85. The molecule has 0 bridgehead atoms. The fourth-order valence-corrected chi connectivity index (χ4v) is 10.1. The third kappa shape index (κ3) is 5.07. The second kappa shape index (κ2) is 13.6. The van der Waals surface area contributed by atoms with E-state index in [1.54, 1.807) is 0 Å². The summed E-state index contributed by atoms with van der Waals surface area (Å²) in [6.45, 7) is 0. The molecule has 0 radical (unpaired) electrons. The average molecular weight is 791 g/mol. The molecule has 0 atom stereocenters. The van der Waals surface area contributed by atoms with Crippen LogP contribution in [0.2, 0.25) is 0 Å². The first kappa shape index (κ1) is 34.5. The van der Waals surface area contributed by atoms with Gasteiger partial charge in [0.2, 0.25) is 0 Å². The Bertz CT molecular complexity index is 3600. The highest BCUT2D eigenvalue weighted by Crippen LogP contribution is 2.44. The minimum Gasteiger partial charge on any atom is -0.307 e. The van der Waals surface area contributed by atoms with Crippen molar-refractivity contribution in [3.8, 4) is 45.0 Å². The molecule has 4 aromatic heterocycles. The van der Waals surface area contributed by atoms with Gasteiger partial charge in [0.1, 0.15) is 0 Å². The number of hydrogen-bond donors (Lipinski definition) is 0. The van der Waals surface area contributed by atoms with Gasteiger partial charge in [0.05, 0.1) is 44.1 Å². The number of fused-ring (bicyclic) bond motifs is 10. The van der Waals surface area contributed by atoms with Crippen LogP contribution in [-0.2, 0) is 0 Å². The fourth-order valence-electron chi connectivity index (χ4n) is 10.1. The van der Waals surface area contributed by atoms with Gasteiger partial charge in [0.15, 0.2) is 0 Å². The molecule has 0 spiro atoms. The van der Waals surface area contributed by atoms with E-state index in [1.807, 2.05) is 0 Å². The number of aromatic nitrogens is 4. The van der Waals surface area contributed by atoms with Crippen molar-refractivity contribution in [3.63, 3.8) is 0 Å². The smallest absolute Gasteiger partial charge is 0.0803 e. The zero-order chi connectivity index (χ0) is 40.7. The summed E-state index contributed by atoms with van der Waals surface area (Å²) >= 11 is 0. The monoisotopic (exact) mass is 790 g/mol. The summed E-state index contributed by atoms with van der Waals surface area (Å²) in [6, 6.07) is 83.8. The maximum Gasteiger partial charge on any atom is 0.0803 e. The fraction of sp³-hybridized carbons (Fsp3) is 0. The molecule has 0 unspecified atom stereocenters. The second-order valence-corrected chi connectivity index (χ2v) is 16.2. The van der Waals surface area contributed by atoms with Gasteiger partial charge >= 0.3 is 0 Å². The molecule has 0 aliphatic heterocycles. The lowest BCUT2D eigenvalue weighted by atomic mass is 10.1. The molecule has 0 fully saturated rings. The second-order valence-electron chi connectivity index (χ2n) is 16.2. The Morgan fingerprint density at radius 1 is 0.194 bits per heavy atom. The van der Waals surface area contributed by atoms with E-state index in [0.29, 0.717) is 0 Å². The molecule has 0 aliphatic rings. The van der Waals surface area contributed by atoms with Crippen molar-refractivity contribution in [1.82, 2.24) is 18.3 Å². The van der Waals surface area contributed by atoms with Crippen LogP contribution in [0, 0.1) is 0 Å². The molecule has 13 aromatic rings. The topological polar surface area (TPSA) is 19.7 Å². The van der Waals surface area contributed by atoms with Crippen molar-refractivity contribution in [1.29, 1.82) is 0 Å². The molecule has 4 heteroatoms. The van der Waals surface area contributed by atoms with E-state index in [0.717, 1.165) is 22.7 Å². The molecule has 13 rings (SSSR count). The third-order valence-electron chi connectivity index (χ3n) is 12.7. The van der Waals surface area contributed by atoms with Crippen molar-refractivity contribution >= 4 is 65.7 Å². The Kier molecular flexibility index (Phi) is 7.57. The van der Waals surface area contributed by atoms with Crippen molar-refractivity contribution in [3.05, 3.63) is 231 Å². The van der Waals surface area contributed by atoms with Crippen LogP contribution >= 0.6 is 0 Å². The van der Waals surface area contributed by atoms with Crippen LogP contribution in [0.3, 0.4) is 0 Å². The Balaban J connectivity index is 1.07. The molecule has 290 valence electrons. The Morgan fingerprint density at radius 3 is 0.790 bits per heavy atom. The highest BCUT2D eigenvalue weighted by molar-refractivity contribution is 6.21. The van der Waals surface area contributed by atoms with Gasteiger partial charge < -0.3 is 18.3 Å². The Hall–Kier alpha value is -8.34. The maximum atomic E-state index is 2.48. The summed E-state index contributed by atoms with van der Waals surface area (Å²) in [5.74, 6) is 0.